The first-order chi connectivity index (χ1) is 15.5. The van der Waals surface area contributed by atoms with Gasteiger partial charge >= 0.3 is 6.18 Å². The summed E-state index contributed by atoms with van der Waals surface area (Å²) >= 11 is 5.76. The lowest BCUT2D eigenvalue weighted by Crippen LogP contribution is -2.13. The third-order valence-electron chi connectivity index (χ3n) is 4.23. The summed E-state index contributed by atoms with van der Waals surface area (Å²) in [4.78, 5) is 10.2. The van der Waals surface area contributed by atoms with E-state index in [2.05, 4.69) is 15.2 Å². The van der Waals surface area contributed by atoms with Crippen LogP contribution in [-0.2, 0) is 16.2 Å². The Morgan fingerprint density at radius 1 is 1.03 bits per heavy atom. The van der Waals surface area contributed by atoms with Gasteiger partial charge in [-0.3, -0.25) is 20.3 Å². The van der Waals surface area contributed by atoms with Gasteiger partial charge < -0.3 is 0 Å². The van der Waals surface area contributed by atoms with Crippen LogP contribution in [0.15, 0.2) is 76.7 Å². The lowest BCUT2D eigenvalue weighted by atomic mass is 10.1. The van der Waals surface area contributed by atoms with Crippen LogP contribution >= 0.6 is 11.6 Å². The Balaban J connectivity index is 1.86. The average molecular weight is 499 g/mol. The highest BCUT2D eigenvalue weighted by atomic mass is 35.5. The van der Waals surface area contributed by atoms with E-state index in [4.69, 9.17) is 11.6 Å². The molecule has 2 N–H and O–H groups in total. The highest BCUT2D eigenvalue weighted by Gasteiger charge is 2.32. The van der Waals surface area contributed by atoms with Crippen molar-refractivity contribution in [1.29, 1.82) is 0 Å². The first-order valence-corrected chi connectivity index (χ1v) is 10.9. The number of sulfonamides is 1. The second-order valence-electron chi connectivity index (χ2n) is 6.50. The number of nitrogens with one attached hydrogen (secondary N) is 2. The second kappa shape index (κ2) is 9.46. The van der Waals surface area contributed by atoms with Gasteiger partial charge in [-0.25, -0.2) is 8.42 Å². The van der Waals surface area contributed by atoms with Gasteiger partial charge in [0, 0.05) is 22.3 Å². The van der Waals surface area contributed by atoms with E-state index in [0.29, 0.717) is 5.02 Å². The molecule has 0 fully saturated rings. The summed E-state index contributed by atoms with van der Waals surface area (Å²) in [6, 6.07) is 13.4. The topological polar surface area (TPSA) is 114 Å². The van der Waals surface area contributed by atoms with Gasteiger partial charge in [-0.1, -0.05) is 29.8 Å². The highest BCUT2D eigenvalue weighted by molar-refractivity contribution is 7.92. The molecule has 0 unspecified atom stereocenters. The Labute approximate surface area is 190 Å². The molecular weight excluding hydrogens is 485 g/mol. The van der Waals surface area contributed by atoms with E-state index in [1.54, 1.807) is 0 Å². The molecular formula is C20H14ClF3N4O4S. The van der Waals surface area contributed by atoms with Crippen LogP contribution in [0.25, 0.3) is 0 Å². The largest absolute Gasteiger partial charge is 0.417 e. The Morgan fingerprint density at radius 2 is 1.70 bits per heavy atom. The molecule has 0 saturated carbocycles. The van der Waals surface area contributed by atoms with E-state index in [9.17, 15) is 31.7 Å². The Morgan fingerprint density at radius 3 is 2.33 bits per heavy atom. The maximum absolute atomic E-state index is 13.1. The lowest BCUT2D eigenvalue weighted by Gasteiger charge is -2.10. The van der Waals surface area contributed by atoms with Crippen LogP contribution in [0.4, 0.5) is 30.2 Å². The number of benzene rings is 3. The minimum atomic E-state index is -4.61. The molecule has 0 atom stereocenters. The minimum Gasteiger partial charge on any atom is -0.280 e. The van der Waals surface area contributed by atoms with E-state index in [1.165, 1.54) is 42.5 Å². The predicted molar refractivity (Wildman–Crippen MR) is 118 cm³/mol. The quantitative estimate of drug-likeness (QED) is 0.253. The number of nitro groups is 1. The lowest BCUT2D eigenvalue weighted by molar-refractivity contribution is -0.384. The number of hydrazone groups is 1. The van der Waals surface area contributed by atoms with Crippen LogP contribution in [-0.4, -0.2) is 19.6 Å². The molecule has 33 heavy (non-hydrogen) atoms. The van der Waals surface area contributed by atoms with E-state index >= 15 is 0 Å². The zero-order valence-corrected chi connectivity index (χ0v) is 17.9. The molecule has 0 aromatic heterocycles. The molecule has 0 amide bonds. The molecule has 3 aromatic carbocycles. The molecule has 13 heteroatoms. The SMILES string of the molecule is O=[N+]([O-])c1cc(S(=O)(=O)Nc2ccc(Cl)cc2)ccc1N/N=C\c1ccccc1C(F)(F)F. The van der Waals surface area contributed by atoms with Gasteiger partial charge in [0.25, 0.3) is 15.7 Å². The van der Waals surface area contributed by atoms with E-state index in [1.807, 2.05) is 0 Å². The maximum Gasteiger partial charge on any atom is 0.417 e. The zero-order valence-electron chi connectivity index (χ0n) is 16.4. The number of hydrogen-bond donors (Lipinski definition) is 2. The van der Waals surface area contributed by atoms with Crippen LogP contribution in [0.2, 0.25) is 5.02 Å². The molecule has 0 aliphatic rings. The van der Waals surface area contributed by atoms with Crippen LogP contribution in [0.5, 0.6) is 0 Å². The molecule has 3 rings (SSSR count). The van der Waals surface area contributed by atoms with E-state index in [0.717, 1.165) is 30.5 Å². The number of nitrogens with zero attached hydrogens (tertiary/aromatic N) is 2. The van der Waals surface area contributed by atoms with Crippen molar-refractivity contribution < 1.29 is 26.5 Å². The number of anilines is 2. The number of halogens is 4. The maximum atomic E-state index is 13.1. The van der Waals surface area contributed by atoms with Crippen molar-refractivity contribution in [2.75, 3.05) is 10.1 Å². The van der Waals surface area contributed by atoms with Crippen molar-refractivity contribution in [3.63, 3.8) is 0 Å². The first kappa shape index (κ1) is 24.0. The molecule has 0 bridgehead atoms. The third-order valence-corrected chi connectivity index (χ3v) is 5.86. The summed E-state index contributed by atoms with van der Waals surface area (Å²) in [6.45, 7) is 0. The molecule has 172 valence electrons. The van der Waals surface area contributed by atoms with Crippen molar-refractivity contribution in [1.82, 2.24) is 0 Å². The molecule has 0 radical (unpaired) electrons. The molecule has 3 aromatic rings. The molecule has 0 aliphatic heterocycles. The highest BCUT2D eigenvalue weighted by Crippen LogP contribution is 2.32. The molecule has 0 spiro atoms. The number of alkyl halides is 3. The van der Waals surface area contributed by atoms with Gasteiger partial charge in [-0.15, -0.1) is 0 Å². The monoisotopic (exact) mass is 498 g/mol. The van der Waals surface area contributed by atoms with Crippen molar-refractivity contribution in [2.24, 2.45) is 5.10 Å². The normalized spacial score (nSPS) is 12.0. The Bertz CT molecular complexity index is 1310. The average Bonchev–Trinajstić information content (AvgIpc) is 2.75. The second-order valence-corrected chi connectivity index (χ2v) is 8.62. The van der Waals surface area contributed by atoms with Crippen molar-refractivity contribution in [3.05, 3.63) is 93.0 Å². The smallest absolute Gasteiger partial charge is 0.280 e. The standard InChI is InChI=1S/C20H14ClF3N4O4S/c21-14-5-7-15(8-6-14)27-33(31,32)16-9-10-18(19(11-16)28(29)30)26-25-12-13-3-1-2-4-17(13)20(22,23)24/h1-12,26-27H/b25-12-. The summed E-state index contributed by atoms with van der Waals surface area (Å²) in [5.74, 6) is 0. The van der Waals surface area contributed by atoms with Gasteiger partial charge in [0.1, 0.15) is 5.69 Å². The summed E-state index contributed by atoms with van der Waals surface area (Å²) in [6.07, 6.45) is -3.75. The number of nitro benzene ring substituents is 1. The Kier molecular flexibility index (Phi) is 6.89. The number of hydrogen-bond acceptors (Lipinski definition) is 6. The van der Waals surface area contributed by atoms with Crippen molar-refractivity contribution in [2.45, 2.75) is 11.1 Å². The van der Waals surface area contributed by atoms with Crippen LogP contribution in [0.3, 0.4) is 0 Å². The van der Waals surface area contributed by atoms with Crippen LogP contribution in [0.1, 0.15) is 11.1 Å². The van der Waals surface area contributed by atoms with Gasteiger partial charge in [0.15, 0.2) is 0 Å². The predicted octanol–water partition coefficient (Wildman–Crippen LogP) is 5.51. The van der Waals surface area contributed by atoms with Crippen LogP contribution in [0, 0.1) is 10.1 Å². The van der Waals surface area contributed by atoms with E-state index < -0.39 is 37.3 Å². The number of rotatable bonds is 7. The molecule has 0 saturated heterocycles. The van der Waals surface area contributed by atoms with Crippen molar-refractivity contribution in [3.8, 4) is 0 Å². The molecule has 0 aliphatic carbocycles. The third kappa shape index (κ3) is 5.99. The van der Waals surface area contributed by atoms with Gasteiger partial charge in [0.05, 0.1) is 21.6 Å². The fourth-order valence-corrected chi connectivity index (χ4v) is 3.90. The summed E-state index contributed by atoms with van der Waals surface area (Å²) < 4.78 is 66.6. The fourth-order valence-electron chi connectivity index (χ4n) is 2.70. The van der Waals surface area contributed by atoms with Gasteiger partial charge in [-0.05, 0) is 42.5 Å². The first-order valence-electron chi connectivity index (χ1n) is 8.99. The minimum absolute atomic E-state index is 0.192. The molecule has 8 nitrogen and oxygen atoms in total. The van der Waals surface area contributed by atoms with Gasteiger partial charge in [-0.2, -0.15) is 18.3 Å². The molecule has 0 heterocycles. The van der Waals surface area contributed by atoms with Crippen molar-refractivity contribution >= 4 is 44.9 Å². The van der Waals surface area contributed by atoms with Crippen LogP contribution < -0.4 is 10.1 Å². The zero-order chi connectivity index (χ0) is 24.2. The Hall–Kier alpha value is -3.64. The van der Waals surface area contributed by atoms with Gasteiger partial charge in [0.2, 0.25) is 0 Å². The summed E-state index contributed by atoms with van der Waals surface area (Å²) in [5.41, 5.74) is 0.430. The fraction of sp³-hybridized carbons (Fsp3) is 0.0500. The summed E-state index contributed by atoms with van der Waals surface area (Å²) in [7, 11) is -4.17. The van der Waals surface area contributed by atoms with E-state index in [-0.39, 0.29) is 16.9 Å². The summed E-state index contributed by atoms with van der Waals surface area (Å²) in [5, 5.41) is 15.5.